The van der Waals surface area contributed by atoms with Gasteiger partial charge in [-0.05, 0) is 237 Å². The number of imidazole rings is 5. The van der Waals surface area contributed by atoms with Crippen LogP contribution in [0.25, 0.3) is 78.5 Å². The molecular weight excluding hydrogens is 1760 g/mol. The van der Waals surface area contributed by atoms with Crippen LogP contribution in [0.2, 0.25) is 10.0 Å². The minimum Gasteiger partial charge on any atom is -0.326 e. The van der Waals surface area contributed by atoms with Gasteiger partial charge < -0.3 is 38.8 Å². The van der Waals surface area contributed by atoms with E-state index < -0.39 is 0 Å². The molecule has 5 fully saturated rings. The van der Waals surface area contributed by atoms with Crippen LogP contribution in [0.15, 0.2) is 291 Å². The second-order valence-electron chi connectivity index (χ2n) is 30.1. The van der Waals surface area contributed by atoms with Crippen LogP contribution in [-0.2, 0) is 0 Å². The molecule has 0 saturated heterocycles. The van der Waals surface area contributed by atoms with E-state index in [0.29, 0.717) is 57.4 Å². The predicted molar refractivity (Wildman–Crippen MR) is 490 cm³/mol. The van der Waals surface area contributed by atoms with Crippen molar-refractivity contribution in [3.05, 3.63) is 329 Å². The number of hydrogen-bond acceptors (Lipinski definition) is 21. The summed E-state index contributed by atoms with van der Waals surface area (Å²) in [5.41, 5.74) is 14.1. The summed E-state index contributed by atoms with van der Waals surface area (Å²) in [6.45, 7) is 3.98. The quantitative estimate of drug-likeness (QED) is 0.0417. The Bertz CT molecular complexity index is 6510. The molecule has 632 valence electrons. The van der Waals surface area contributed by atoms with E-state index in [4.69, 9.17) is 33.6 Å². The largest absolute Gasteiger partial charge is 0.326 e. The van der Waals surface area contributed by atoms with Crippen LogP contribution in [0.4, 0.5) is 23.1 Å². The van der Waals surface area contributed by atoms with Gasteiger partial charge in [0, 0.05) is 92.8 Å². The number of carbonyl (C=O) groups is 3. The minimum atomic E-state index is -0.349. The lowest BCUT2D eigenvalue weighted by molar-refractivity contribution is 0.0290. The molecule has 5 aliphatic carbocycles. The molecule has 5 N–H and O–H groups in total. The number of fused-ring (bicyclic) bond motifs is 2. The molecule has 5 saturated carbocycles. The summed E-state index contributed by atoms with van der Waals surface area (Å²) >= 11 is 18.4. The Morgan fingerprint density at radius 2 is 0.730 bits per heavy atom. The summed E-state index contributed by atoms with van der Waals surface area (Å²) in [6, 6.07) is 60.5. The number of nitrogens with zero attached hydrogens (tertiary/aromatic N) is 21. The van der Waals surface area contributed by atoms with Crippen molar-refractivity contribution in [2.24, 2.45) is 0 Å². The first-order chi connectivity index (χ1) is 61.4. The molecule has 0 aliphatic heterocycles. The average Bonchev–Trinajstić information content (AvgIpc) is 1.62. The number of aromatic nitrogens is 20. The molecule has 22 rings (SSSR count). The van der Waals surface area contributed by atoms with Crippen molar-refractivity contribution in [3.8, 4) is 56.7 Å². The third kappa shape index (κ3) is 23.0. The molecule has 0 bridgehead atoms. The van der Waals surface area contributed by atoms with E-state index in [1.54, 1.807) is 61.1 Å². The van der Waals surface area contributed by atoms with Gasteiger partial charge in [0.1, 0.15) is 49.4 Å². The molecule has 0 spiro atoms. The second-order valence-corrected chi connectivity index (χ2v) is 32.6. The van der Waals surface area contributed by atoms with E-state index >= 15 is 0 Å². The van der Waals surface area contributed by atoms with Gasteiger partial charge >= 0.3 is 0 Å². The lowest BCUT2D eigenvalue weighted by Gasteiger charge is -2.09. The second kappa shape index (κ2) is 40.2. The molecule has 29 nitrogen and oxygen atoms in total. The number of pyridine rings is 10. The minimum absolute atomic E-state index is 0.0550. The Morgan fingerprint density at radius 1 is 0.365 bits per heavy atom. The number of benzene rings is 2. The van der Waals surface area contributed by atoms with E-state index in [-0.39, 0.29) is 40.0 Å². The number of para-hydroxylation sites is 2. The van der Waals surface area contributed by atoms with Gasteiger partial charge in [0.05, 0.1) is 125 Å². The highest BCUT2D eigenvalue weighted by molar-refractivity contribution is 9.10. The highest BCUT2D eigenvalue weighted by Crippen LogP contribution is 2.42. The van der Waals surface area contributed by atoms with Crippen LogP contribution in [-0.4, -0.2) is 126 Å². The lowest BCUT2D eigenvalue weighted by Crippen LogP contribution is -2.14. The molecule has 15 heterocycles. The van der Waals surface area contributed by atoms with Gasteiger partial charge in [-0.2, -0.15) is 0 Å². The highest BCUT2D eigenvalue weighted by Gasteiger charge is 2.30. The molecular formula is C93H82Br2Cl2N24O5. The molecule has 2 aromatic carbocycles. The van der Waals surface area contributed by atoms with E-state index in [9.17, 15) is 14.4 Å². The maximum Gasteiger partial charge on any atom is 0.275 e. The van der Waals surface area contributed by atoms with Gasteiger partial charge in [0.15, 0.2) is 0 Å². The van der Waals surface area contributed by atoms with Crippen LogP contribution >= 0.6 is 55.1 Å². The Hall–Kier alpha value is -13.8. The monoisotopic (exact) mass is 1840 g/mol. The summed E-state index contributed by atoms with van der Waals surface area (Å²) in [5, 5.41) is 28.7. The van der Waals surface area contributed by atoms with E-state index in [1.807, 2.05) is 198 Å². The molecule has 15 aromatic heterocycles. The number of hydrogen-bond donors (Lipinski definition) is 5. The molecule has 0 atom stereocenters. The maximum absolute atomic E-state index is 12.9. The first-order valence-electron chi connectivity index (χ1n) is 40.6. The zero-order chi connectivity index (χ0) is 87.0. The van der Waals surface area contributed by atoms with Crippen molar-refractivity contribution in [1.29, 1.82) is 0 Å². The van der Waals surface area contributed by atoms with Crippen LogP contribution in [0.3, 0.4) is 0 Å². The van der Waals surface area contributed by atoms with Crippen molar-refractivity contribution in [2.45, 2.75) is 108 Å². The number of amides is 3. The van der Waals surface area contributed by atoms with Gasteiger partial charge in [0.25, 0.3) is 17.7 Å². The van der Waals surface area contributed by atoms with Gasteiger partial charge in [-0.15, -0.1) is 5.23 Å². The Labute approximate surface area is 750 Å². The van der Waals surface area contributed by atoms with Crippen LogP contribution < -0.4 is 21.2 Å². The zero-order valence-corrected chi connectivity index (χ0v) is 72.7. The van der Waals surface area contributed by atoms with Crippen molar-refractivity contribution in [1.82, 2.24) is 97.6 Å². The number of aryl methyl sites for hydroxylation is 2. The summed E-state index contributed by atoms with van der Waals surface area (Å²) < 4.78 is 12.8. The Morgan fingerprint density at radius 3 is 1.12 bits per heavy atom. The molecule has 33 heteroatoms. The molecule has 17 aromatic rings. The molecule has 0 unspecified atom stereocenters. The van der Waals surface area contributed by atoms with Gasteiger partial charge in [-0.1, -0.05) is 89.9 Å². The predicted octanol–water partition coefficient (Wildman–Crippen LogP) is 20.8. The van der Waals surface area contributed by atoms with Crippen LogP contribution in [0.1, 0.15) is 137 Å². The molecule has 3 amide bonds. The zero-order valence-electron chi connectivity index (χ0n) is 68.0. The van der Waals surface area contributed by atoms with Gasteiger partial charge in [0.2, 0.25) is 0 Å². The number of carbonyl (C=O) groups excluding carboxylic acids is 3. The summed E-state index contributed by atoms with van der Waals surface area (Å²) in [5.74, 6) is 0.382. The maximum atomic E-state index is 12.9. The summed E-state index contributed by atoms with van der Waals surface area (Å²) in [7, 11) is 0. The average molecular weight is 1850 g/mol. The molecule has 5 aliphatic rings. The van der Waals surface area contributed by atoms with E-state index in [0.717, 1.165) is 118 Å². The van der Waals surface area contributed by atoms with E-state index in [1.165, 1.54) is 82.1 Å². The fourth-order valence-corrected chi connectivity index (χ4v) is 14.6. The summed E-state index contributed by atoms with van der Waals surface area (Å²) in [4.78, 5) is 102. The van der Waals surface area contributed by atoms with Crippen molar-refractivity contribution in [2.75, 3.05) is 21.2 Å². The summed E-state index contributed by atoms with van der Waals surface area (Å²) in [6.07, 6.45) is 38.4. The highest BCUT2D eigenvalue weighted by atomic mass is 79.9. The van der Waals surface area contributed by atoms with Gasteiger partial charge in [-0.3, -0.25) is 54.7 Å². The smallest absolute Gasteiger partial charge is 0.275 e. The SMILES string of the molecule is Brc1cncn1C1CC1.Cc1cccc(-c2cncn2C2CC2)n1.Cc1cccc(Br)n1.O=C(Nc1cccc(-c2cncn2C2CC2)n1)c1cc(-c2cnc3ccccc3c2)ccn1.O=C(Nc1cccc(-c2cncn2C2CC2)n1)c1cc(Cl)ccn1.O=C(Nc1cccc(-c2cncn2C2CC2)n1)c1cc(Cl)ccn1.ON(O)c1cnc2ccccc2c1. The Kier molecular flexibility index (Phi) is 27.4. The number of halogens is 4. The number of anilines is 4. The van der Waals surface area contributed by atoms with Crippen molar-refractivity contribution in [3.63, 3.8) is 0 Å². The normalized spacial score (nSPS) is 13.5. The number of nitrogens with one attached hydrogen (secondary N) is 3. The van der Waals surface area contributed by atoms with Crippen LogP contribution in [0.5, 0.6) is 0 Å². The first-order valence-corrected chi connectivity index (χ1v) is 43.0. The molecule has 0 radical (unpaired) electrons. The third-order valence-corrected chi connectivity index (χ3v) is 21.9. The fourth-order valence-electron chi connectivity index (χ4n) is 13.4. The third-order valence-electron chi connectivity index (χ3n) is 20.4. The lowest BCUT2D eigenvalue weighted by atomic mass is 10.1. The standard InChI is InChI=1S/C26H20N6O.2C17H14ClN5O.C12H13N3.C9H8N2O2.C6H7BrN2.C6H6BrN/c33-26(31-25-7-3-6-22(30-25)24-15-27-16-32(24)20-8-9-20)23-13-17(10-11-28-23)19-12-18-4-1-2-5-21(18)29-14-19;2*18-11-6-7-20-14(8-11)17(24)22-16-3-1-2-13(21-16)15-9-19-10-23(15)12-4-5-12;1-9-3-2-4-11(14-9)12-7-13-8-15(12)10-5-6-10;12-11(13)8-5-7-3-1-2-4-9(7)10-6-8;7-6-3-8-4-9(6)5-1-2-5;1-5-3-2-4-6(7)8-5/h1-7,10-16,20H,8-9H2,(H,30,31,33);2*1-3,6-10,12H,4-5H2,(H,21,22,24);2-4,7-8,10H,5-6H2,1H3;1-6,12-13H;3-5H,1-2H2;2-4H,1H3. The fraction of sp³-hybridized carbons (Fsp3) is 0.183. The van der Waals surface area contributed by atoms with E-state index in [2.05, 4.69) is 151 Å². The first kappa shape index (κ1) is 85.7. The van der Waals surface area contributed by atoms with Crippen molar-refractivity contribution >= 4 is 118 Å². The van der Waals surface area contributed by atoms with Crippen molar-refractivity contribution < 1.29 is 24.8 Å². The van der Waals surface area contributed by atoms with Crippen LogP contribution in [0, 0.1) is 13.8 Å². The topological polar surface area (TPSA) is 349 Å². The molecule has 126 heavy (non-hydrogen) atoms. The number of rotatable bonds is 17. The van der Waals surface area contributed by atoms with Gasteiger partial charge in [-0.25, -0.2) is 44.9 Å². The Balaban J connectivity index is 0.000000113.